The van der Waals surface area contributed by atoms with Crippen LogP contribution < -0.4 is 5.43 Å². The Balaban J connectivity index is 2.87. The zero-order valence-corrected chi connectivity index (χ0v) is 10.3. The molecule has 0 aliphatic heterocycles. The molecule has 19 heavy (non-hydrogen) atoms. The molecule has 96 valence electrons. The third kappa shape index (κ3) is 4.49. The SMILES string of the molecule is Cc1ccc(CCC(=O)O)cc1NN=C(C#N)C#N. The molecule has 0 amide bonds. The summed E-state index contributed by atoms with van der Waals surface area (Å²) in [4.78, 5) is 10.5. The minimum Gasteiger partial charge on any atom is -0.481 e. The monoisotopic (exact) mass is 256 g/mol. The fourth-order valence-electron chi connectivity index (χ4n) is 1.39. The molecule has 1 rings (SSSR count). The Kier molecular flexibility index (Phi) is 5.06. The zero-order chi connectivity index (χ0) is 14.3. The Morgan fingerprint density at radius 1 is 1.42 bits per heavy atom. The van der Waals surface area contributed by atoms with E-state index in [1.807, 2.05) is 19.1 Å². The van der Waals surface area contributed by atoms with Crippen molar-refractivity contribution in [3.05, 3.63) is 29.3 Å². The highest BCUT2D eigenvalue weighted by molar-refractivity contribution is 6.10. The van der Waals surface area contributed by atoms with E-state index in [1.165, 1.54) is 0 Å². The highest BCUT2D eigenvalue weighted by Crippen LogP contribution is 2.18. The number of anilines is 1. The van der Waals surface area contributed by atoms with E-state index in [0.717, 1.165) is 11.1 Å². The van der Waals surface area contributed by atoms with Crippen LogP contribution in [0.1, 0.15) is 17.5 Å². The molecule has 0 bridgehead atoms. The second-order valence-electron chi connectivity index (χ2n) is 3.84. The summed E-state index contributed by atoms with van der Waals surface area (Å²) in [5.74, 6) is -0.857. The summed E-state index contributed by atoms with van der Waals surface area (Å²) in [5.41, 5.74) is 4.75. The van der Waals surface area contributed by atoms with Crippen LogP contribution in [0.4, 0.5) is 5.69 Å². The summed E-state index contributed by atoms with van der Waals surface area (Å²) in [6.45, 7) is 1.84. The van der Waals surface area contributed by atoms with Crippen LogP contribution in [0, 0.1) is 29.6 Å². The molecule has 1 aromatic carbocycles. The minimum atomic E-state index is -0.857. The number of nitrogens with one attached hydrogen (secondary N) is 1. The van der Waals surface area contributed by atoms with E-state index in [-0.39, 0.29) is 12.1 Å². The van der Waals surface area contributed by atoms with E-state index in [1.54, 1.807) is 18.2 Å². The lowest BCUT2D eigenvalue weighted by Gasteiger charge is -2.07. The van der Waals surface area contributed by atoms with Gasteiger partial charge in [0.1, 0.15) is 12.1 Å². The summed E-state index contributed by atoms with van der Waals surface area (Å²) in [5, 5.41) is 29.4. The van der Waals surface area contributed by atoms with E-state index in [2.05, 4.69) is 10.5 Å². The van der Waals surface area contributed by atoms with Crippen molar-refractivity contribution in [3.8, 4) is 12.1 Å². The number of carboxylic acids is 1. The van der Waals surface area contributed by atoms with E-state index in [0.29, 0.717) is 12.1 Å². The molecule has 0 heterocycles. The van der Waals surface area contributed by atoms with Gasteiger partial charge < -0.3 is 5.11 Å². The first-order valence-electron chi connectivity index (χ1n) is 5.52. The Bertz CT molecular complexity index is 578. The van der Waals surface area contributed by atoms with Gasteiger partial charge in [-0.3, -0.25) is 10.2 Å². The summed E-state index contributed by atoms with van der Waals surface area (Å²) in [6, 6.07) is 8.71. The molecule has 1 aromatic rings. The summed E-state index contributed by atoms with van der Waals surface area (Å²) in [6.07, 6.45) is 0.463. The predicted octanol–water partition coefficient (Wildman–Crippen LogP) is 1.83. The van der Waals surface area contributed by atoms with Gasteiger partial charge in [0.2, 0.25) is 5.71 Å². The quantitative estimate of drug-likeness (QED) is 0.617. The van der Waals surface area contributed by atoms with Gasteiger partial charge in [-0.2, -0.15) is 15.6 Å². The van der Waals surface area contributed by atoms with Crippen molar-refractivity contribution >= 4 is 17.4 Å². The maximum absolute atomic E-state index is 10.5. The molecule has 0 fully saturated rings. The maximum Gasteiger partial charge on any atom is 0.303 e. The molecule has 2 N–H and O–H groups in total. The maximum atomic E-state index is 10.5. The molecule has 0 saturated heterocycles. The molecule has 6 heteroatoms. The average molecular weight is 256 g/mol. The first-order chi connectivity index (χ1) is 9.06. The van der Waals surface area contributed by atoms with Gasteiger partial charge >= 0.3 is 5.97 Å². The van der Waals surface area contributed by atoms with Gasteiger partial charge in [0.15, 0.2) is 0 Å². The molecule has 0 aliphatic carbocycles. The molecular weight excluding hydrogens is 244 g/mol. The van der Waals surface area contributed by atoms with Gasteiger partial charge in [0.25, 0.3) is 0 Å². The molecule has 0 aromatic heterocycles. The number of carbonyl (C=O) groups is 1. The topological polar surface area (TPSA) is 109 Å². The van der Waals surface area contributed by atoms with Crippen molar-refractivity contribution in [1.82, 2.24) is 0 Å². The number of benzene rings is 1. The van der Waals surface area contributed by atoms with Crippen LogP contribution in [0.15, 0.2) is 23.3 Å². The highest BCUT2D eigenvalue weighted by Gasteiger charge is 2.03. The predicted molar refractivity (Wildman–Crippen MR) is 69.4 cm³/mol. The van der Waals surface area contributed by atoms with Gasteiger partial charge in [-0.25, -0.2) is 0 Å². The van der Waals surface area contributed by atoms with Gasteiger partial charge in [-0.15, -0.1) is 0 Å². The number of nitrogens with zero attached hydrogens (tertiary/aromatic N) is 3. The lowest BCUT2D eigenvalue weighted by atomic mass is 10.1. The van der Waals surface area contributed by atoms with E-state index in [9.17, 15) is 4.79 Å². The lowest BCUT2D eigenvalue weighted by molar-refractivity contribution is -0.136. The Morgan fingerprint density at radius 3 is 2.68 bits per heavy atom. The first kappa shape index (κ1) is 14.2. The molecule has 0 saturated carbocycles. The fraction of sp³-hybridized carbons (Fsp3) is 0.231. The van der Waals surface area contributed by atoms with Crippen LogP contribution in [0.25, 0.3) is 0 Å². The number of nitriles is 2. The van der Waals surface area contributed by atoms with Crippen molar-refractivity contribution in [2.24, 2.45) is 5.10 Å². The van der Waals surface area contributed by atoms with Crippen LogP contribution in [0.3, 0.4) is 0 Å². The van der Waals surface area contributed by atoms with E-state index < -0.39 is 5.97 Å². The summed E-state index contributed by atoms with van der Waals surface area (Å²) < 4.78 is 0. The van der Waals surface area contributed by atoms with Gasteiger partial charge in [0, 0.05) is 6.42 Å². The fourth-order valence-corrected chi connectivity index (χ4v) is 1.39. The number of rotatable bonds is 5. The second-order valence-corrected chi connectivity index (χ2v) is 3.84. The Morgan fingerprint density at radius 2 is 2.11 bits per heavy atom. The Labute approximate surface area is 110 Å². The largest absolute Gasteiger partial charge is 0.481 e. The van der Waals surface area contributed by atoms with Gasteiger partial charge in [-0.05, 0) is 30.5 Å². The molecular formula is C13H12N4O2. The highest BCUT2D eigenvalue weighted by atomic mass is 16.4. The molecule has 0 atom stereocenters. The summed E-state index contributed by atoms with van der Waals surface area (Å²) in [7, 11) is 0. The molecule has 0 radical (unpaired) electrons. The Hall–Kier alpha value is -2.86. The van der Waals surface area contributed by atoms with Crippen LogP contribution in [-0.2, 0) is 11.2 Å². The molecule has 0 spiro atoms. The van der Waals surface area contributed by atoms with Crippen molar-refractivity contribution in [2.75, 3.05) is 5.43 Å². The number of carboxylic acid groups (broad SMARTS) is 1. The summed E-state index contributed by atoms with van der Waals surface area (Å²) >= 11 is 0. The molecule has 0 aliphatic rings. The minimum absolute atomic E-state index is 0.0490. The van der Waals surface area contributed by atoms with E-state index >= 15 is 0 Å². The standard InChI is InChI=1S/C13H12N4O2/c1-9-2-3-10(4-5-13(18)19)6-12(9)17-16-11(7-14)8-15/h2-3,6,17H,4-5H2,1H3,(H,18,19). The van der Waals surface area contributed by atoms with Crippen LogP contribution in [0.2, 0.25) is 0 Å². The zero-order valence-electron chi connectivity index (χ0n) is 10.3. The van der Waals surface area contributed by atoms with E-state index in [4.69, 9.17) is 15.6 Å². The number of hydrazone groups is 1. The van der Waals surface area contributed by atoms with Crippen molar-refractivity contribution in [1.29, 1.82) is 10.5 Å². The van der Waals surface area contributed by atoms with Crippen LogP contribution in [-0.4, -0.2) is 16.8 Å². The third-order valence-electron chi connectivity index (χ3n) is 2.43. The molecule has 6 nitrogen and oxygen atoms in total. The van der Waals surface area contributed by atoms with Crippen molar-refractivity contribution < 1.29 is 9.90 Å². The normalized spacial score (nSPS) is 9.00. The van der Waals surface area contributed by atoms with Crippen molar-refractivity contribution in [3.63, 3.8) is 0 Å². The van der Waals surface area contributed by atoms with Gasteiger partial charge in [0.05, 0.1) is 5.69 Å². The van der Waals surface area contributed by atoms with Crippen molar-refractivity contribution in [2.45, 2.75) is 19.8 Å². The number of aryl methyl sites for hydroxylation is 2. The van der Waals surface area contributed by atoms with Crippen LogP contribution >= 0.6 is 0 Å². The lowest BCUT2D eigenvalue weighted by Crippen LogP contribution is -2.01. The molecule has 0 unspecified atom stereocenters. The smallest absolute Gasteiger partial charge is 0.303 e. The number of hydrogen-bond donors (Lipinski definition) is 2. The number of aliphatic carboxylic acids is 1. The average Bonchev–Trinajstić information content (AvgIpc) is 2.40. The number of hydrogen-bond acceptors (Lipinski definition) is 5. The van der Waals surface area contributed by atoms with Crippen LogP contribution in [0.5, 0.6) is 0 Å². The first-order valence-corrected chi connectivity index (χ1v) is 5.52. The third-order valence-corrected chi connectivity index (χ3v) is 2.43. The van der Waals surface area contributed by atoms with Gasteiger partial charge in [-0.1, -0.05) is 12.1 Å². The second kappa shape index (κ2) is 6.77.